The number of carbonyl (C=O) groups is 1. The van der Waals surface area contributed by atoms with E-state index in [-0.39, 0.29) is 5.91 Å². The second kappa shape index (κ2) is 7.41. The van der Waals surface area contributed by atoms with Gasteiger partial charge in [0.05, 0.1) is 0 Å². The topological polar surface area (TPSA) is 52.6 Å². The van der Waals surface area contributed by atoms with E-state index in [2.05, 4.69) is 5.32 Å². The van der Waals surface area contributed by atoms with E-state index in [4.69, 9.17) is 0 Å². The van der Waals surface area contributed by atoms with Crippen LogP contribution >= 0.6 is 0 Å². The van der Waals surface area contributed by atoms with Crippen molar-refractivity contribution < 1.29 is 9.90 Å². The van der Waals surface area contributed by atoms with Gasteiger partial charge in [-0.2, -0.15) is 0 Å². The van der Waals surface area contributed by atoms with Crippen molar-refractivity contribution >= 4 is 5.91 Å². The summed E-state index contributed by atoms with van der Waals surface area (Å²) in [4.78, 5) is 14.1. The number of benzene rings is 1. The first-order valence-electron chi connectivity index (χ1n) is 7.47. The number of hydrogen-bond acceptors (Lipinski definition) is 3. The molecule has 0 radical (unpaired) electrons. The molecule has 1 amide bonds. The van der Waals surface area contributed by atoms with Gasteiger partial charge < -0.3 is 15.3 Å². The summed E-state index contributed by atoms with van der Waals surface area (Å²) in [6, 6.07) is 9.49. The van der Waals surface area contributed by atoms with Gasteiger partial charge in [-0.3, -0.25) is 4.79 Å². The summed E-state index contributed by atoms with van der Waals surface area (Å²) in [5, 5.41) is 13.7. The monoisotopic (exact) mass is 276 g/mol. The highest BCUT2D eigenvalue weighted by atomic mass is 16.3. The lowest BCUT2D eigenvalue weighted by atomic mass is 10.0. The van der Waals surface area contributed by atoms with Crippen molar-refractivity contribution in [2.75, 3.05) is 19.6 Å². The Morgan fingerprint density at radius 2 is 2.15 bits per heavy atom. The summed E-state index contributed by atoms with van der Waals surface area (Å²) in [6.45, 7) is 4.29. The quantitative estimate of drug-likeness (QED) is 0.861. The molecule has 1 aliphatic rings. The second-order valence-electron chi connectivity index (χ2n) is 5.34. The molecule has 110 valence electrons. The molecule has 4 heteroatoms. The standard InChI is InChI=1S/C16H24N2O2/c1-2-18(12-14-10-6-7-11-17-14)16(20)15(19)13-8-4-3-5-9-13/h3-5,8-9,14-15,17,19H,2,6-7,10-12H2,1H3. The number of piperidine rings is 1. The molecule has 1 saturated heterocycles. The Bertz CT molecular complexity index is 416. The van der Waals surface area contributed by atoms with E-state index in [0.29, 0.717) is 24.7 Å². The van der Waals surface area contributed by atoms with Crippen LogP contribution in [0.25, 0.3) is 0 Å². The van der Waals surface area contributed by atoms with E-state index in [9.17, 15) is 9.90 Å². The van der Waals surface area contributed by atoms with E-state index < -0.39 is 6.10 Å². The van der Waals surface area contributed by atoms with Crippen molar-refractivity contribution in [3.8, 4) is 0 Å². The predicted octanol–water partition coefficient (Wildman–Crippen LogP) is 1.71. The fourth-order valence-corrected chi connectivity index (χ4v) is 2.67. The van der Waals surface area contributed by atoms with Gasteiger partial charge in [-0.05, 0) is 31.9 Å². The van der Waals surface area contributed by atoms with E-state index in [1.165, 1.54) is 12.8 Å². The van der Waals surface area contributed by atoms with Gasteiger partial charge in [0.2, 0.25) is 0 Å². The highest BCUT2D eigenvalue weighted by Crippen LogP contribution is 2.16. The molecule has 2 N–H and O–H groups in total. The minimum absolute atomic E-state index is 0.203. The zero-order valence-corrected chi connectivity index (χ0v) is 12.1. The number of rotatable bonds is 5. The van der Waals surface area contributed by atoms with Gasteiger partial charge in [-0.25, -0.2) is 0 Å². The van der Waals surface area contributed by atoms with Crippen LogP contribution in [0.3, 0.4) is 0 Å². The molecule has 0 aromatic heterocycles. The molecule has 1 heterocycles. The molecule has 1 aromatic rings. The third-order valence-electron chi connectivity index (χ3n) is 3.90. The Morgan fingerprint density at radius 1 is 1.40 bits per heavy atom. The van der Waals surface area contributed by atoms with Crippen molar-refractivity contribution in [3.63, 3.8) is 0 Å². The molecule has 1 fully saturated rings. The molecule has 0 spiro atoms. The van der Waals surface area contributed by atoms with Crippen LogP contribution in [0.2, 0.25) is 0 Å². The van der Waals surface area contributed by atoms with Crippen molar-refractivity contribution in [3.05, 3.63) is 35.9 Å². The Kier molecular flexibility index (Phi) is 5.56. The molecular weight excluding hydrogens is 252 g/mol. The molecule has 2 unspecified atom stereocenters. The predicted molar refractivity (Wildman–Crippen MR) is 79.3 cm³/mol. The van der Waals surface area contributed by atoms with Crippen molar-refractivity contribution in [1.29, 1.82) is 0 Å². The molecule has 1 aliphatic heterocycles. The van der Waals surface area contributed by atoms with Gasteiger partial charge in [-0.1, -0.05) is 36.8 Å². The number of aliphatic hydroxyl groups is 1. The van der Waals surface area contributed by atoms with Gasteiger partial charge in [0.15, 0.2) is 6.10 Å². The SMILES string of the molecule is CCN(CC1CCCCN1)C(=O)C(O)c1ccccc1. The van der Waals surface area contributed by atoms with E-state index in [1.54, 1.807) is 17.0 Å². The lowest BCUT2D eigenvalue weighted by molar-refractivity contribution is -0.140. The molecule has 4 nitrogen and oxygen atoms in total. The van der Waals surface area contributed by atoms with Crippen LogP contribution in [0.5, 0.6) is 0 Å². The van der Waals surface area contributed by atoms with Crippen molar-refractivity contribution in [2.45, 2.75) is 38.3 Å². The van der Waals surface area contributed by atoms with Crippen LogP contribution < -0.4 is 5.32 Å². The van der Waals surface area contributed by atoms with Crippen LogP contribution in [-0.2, 0) is 4.79 Å². The molecule has 2 atom stereocenters. The van der Waals surface area contributed by atoms with Gasteiger partial charge in [0.25, 0.3) is 5.91 Å². The highest BCUT2D eigenvalue weighted by molar-refractivity contribution is 5.82. The number of aliphatic hydroxyl groups excluding tert-OH is 1. The zero-order chi connectivity index (χ0) is 14.4. The minimum atomic E-state index is -1.06. The first-order chi connectivity index (χ1) is 9.72. The lowest BCUT2D eigenvalue weighted by Gasteiger charge is -2.31. The maximum atomic E-state index is 12.4. The maximum Gasteiger partial charge on any atom is 0.256 e. The van der Waals surface area contributed by atoms with Gasteiger partial charge in [0, 0.05) is 19.1 Å². The van der Waals surface area contributed by atoms with Crippen LogP contribution in [0.1, 0.15) is 37.9 Å². The number of carbonyl (C=O) groups excluding carboxylic acids is 1. The van der Waals surface area contributed by atoms with E-state index in [1.807, 2.05) is 25.1 Å². The third kappa shape index (κ3) is 3.81. The first kappa shape index (κ1) is 15.0. The summed E-state index contributed by atoms with van der Waals surface area (Å²) in [5.41, 5.74) is 0.660. The maximum absolute atomic E-state index is 12.4. The summed E-state index contributed by atoms with van der Waals surface area (Å²) < 4.78 is 0. The van der Waals surface area contributed by atoms with Crippen LogP contribution in [0.4, 0.5) is 0 Å². The number of nitrogens with one attached hydrogen (secondary N) is 1. The highest BCUT2D eigenvalue weighted by Gasteiger charge is 2.25. The summed E-state index contributed by atoms with van der Waals surface area (Å²) >= 11 is 0. The number of nitrogens with zero attached hydrogens (tertiary/aromatic N) is 1. The molecule has 1 aromatic carbocycles. The minimum Gasteiger partial charge on any atom is -0.378 e. The van der Waals surface area contributed by atoms with Gasteiger partial charge in [-0.15, -0.1) is 0 Å². The first-order valence-corrected chi connectivity index (χ1v) is 7.47. The fourth-order valence-electron chi connectivity index (χ4n) is 2.67. The largest absolute Gasteiger partial charge is 0.378 e. The average Bonchev–Trinajstić information content (AvgIpc) is 2.53. The summed E-state index contributed by atoms with van der Waals surface area (Å²) in [5.74, 6) is -0.203. The van der Waals surface area contributed by atoms with E-state index >= 15 is 0 Å². The smallest absolute Gasteiger partial charge is 0.256 e. The molecule has 2 rings (SSSR count). The lowest BCUT2D eigenvalue weighted by Crippen LogP contribution is -2.47. The van der Waals surface area contributed by atoms with Gasteiger partial charge in [0.1, 0.15) is 0 Å². The Morgan fingerprint density at radius 3 is 2.75 bits per heavy atom. The second-order valence-corrected chi connectivity index (χ2v) is 5.34. The zero-order valence-electron chi connectivity index (χ0n) is 12.1. The fraction of sp³-hybridized carbons (Fsp3) is 0.562. The number of likely N-dealkylation sites (N-methyl/N-ethyl adjacent to an activating group) is 1. The number of hydrogen-bond donors (Lipinski definition) is 2. The molecular formula is C16H24N2O2. The third-order valence-corrected chi connectivity index (χ3v) is 3.90. The average molecular weight is 276 g/mol. The molecule has 0 aliphatic carbocycles. The molecule has 20 heavy (non-hydrogen) atoms. The summed E-state index contributed by atoms with van der Waals surface area (Å²) in [6.07, 6.45) is 2.47. The van der Waals surface area contributed by atoms with E-state index in [0.717, 1.165) is 13.0 Å². The van der Waals surface area contributed by atoms with Gasteiger partial charge >= 0.3 is 0 Å². The Balaban J connectivity index is 1.97. The summed E-state index contributed by atoms with van der Waals surface area (Å²) in [7, 11) is 0. The molecule has 0 bridgehead atoms. The normalized spacial score (nSPS) is 20.4. The molecule has 0 saturated carbocycles. The Labute approximate surface area is 120 Å². The number of amides is 1. The van der Waals surface area contributed by atoms with Crippen LogP contribution in [0.15, 0.2) is 30.3 Å². The Hall–Kier alpha value is -1.39. The van der Waals surface area contributed by atoms with Crippen molar-refractivity contribution in [2.24, 2.45) is 0 Å². The van der Waals surface area contributed by atoms with Crippen molar-refractivity contribution in [1.82, 2.24) is 10.2 Å². The van der Waals surface area contributed by atoms with Crippen LogP contribution in [0, 0.1) is 0 Å². The van der Waals surface area contributed by atoms with Crippen LogP contribution in [-0.4, -0.2) is 41.6 Å².